The molecule has 3 heterocycles. The summed E-state index contributed by atoms with van der Waals surface area (Å²) in [6.45, 7) is 4.19. The maximum Gasteiger partial charge on any atom is 0.421 e. The van der Waals surface area contributed by atoms with E-state index in [1.807, 2.05) is 30.6 Å². The SMILES string of the molecule is CC(C)Cc1cc(-c2ccc([C@H]3CCc4nccn43)cc2)c(S(=O)(=O)NC(=O)OC2CC2)s1. The fourth-order valence-electron chi connectivity index (χ4n) is 4.28. The van der Waals surface area contributed by atoms with Crippen molar-refractivity contribution in [3.05, 3.63) is 59.0 Å². The van der Waals surface area contributed by atoms with E-state index in [0.717, 1.165) is 48.4 Å². The van der Waals surface area contributed by atoms with E-state index in [9.17, 15) is 13.2 Å². The molecule has 0 saturated heterocycles. The van der Waals surface area contributed by atoms with Gasteiger partial charge in [-0.25, -0.2) is 22.9 Å². The van der Waals surface area contributed by atoms with E-state index >= 15 is 0 Å². The van der Waals surface area contributed by atoms with E-state index in [0.29, 0.717) is 11.5 Å². The van der Waals surface area contributed by atoms with Gasteiger partial charge in [-0.15, -0.1) is 11.3 Å². The van der Waals surface area contributed by atoms with Crippen LogP contribution in [0.2, 0.25) is 0 Å². The number of thiophene rings is 1. The maximum atomic E-state index is 13.1. The summed E-state index contributed by atoms with van der Waals surface area (Å²) in [4.78, 5) is 17.4. The number of imidazole rings is 1. The average Bonchev–Trinajstić information content (AvgIpc) is 3.14. The average molecular weight is 486 g/mol. The van der Waals surface area contributed by atoms with Crippen LogP contribution in [0, 0.1) is 5.92 Å². The number of nitrogens with one attached hydrogen (secondary N) is 1. The molecule has 0 radical (unpaired) electrons. The van der Waals surface area contributed by atoms with Crippen molar-refractivity contribution in [2.75, 3.05) is 0 Å². The van der Waals surface area contributed by atoms with Gasteiger partial charge < -0.3 is 9.30 Å². The van der Waals surface area contributed by atoms with E-state index < -0.39 is 16.1 Å². The second-order valence-corrected chi connectivity index (χ2v) is 12.2. The fraction of sp³-hybridized carbons (Fsp3) is 0.417. The van der Waals surface area contributed by atoms with Gasteiger partial charge in [-0.05, 0) is 48.8 Å². The number of ether oxygens (including phenoxy) is 1. The first-order valence-electron chi connectivity index (χ1n) is 11.3. The smallest absolute Gasteiger partial charge is 0.421 e. The molecule has 1 aromatic carbocycles. The molecule has 1 aliphatic carbocycles. The number of benzene rings is 1. The molecule has 5 rings (SSSR count). The zero-order valence-electron chi connectivity index (χ0n) is 18.7. The van der Waals surface area contributed by atoms with Gasteiger partial charge in [0.1, 0.15) is 16.1 Å². The van der Waals surface area contributed by atoms with E-state index in [1.165, 1.54) is 16.9 Å². The molecule has 9 heteroatoms. The van der Waals surface area contributed by atoms with Crippen LogP contribution in [-0.2, 0) is 27.6 Å². The Morgan fingerprint density at radius 2 is 2.00 bits per heavy atom. The summed E-state index contributed by atoms with van der Waals surface area (Å²) >= 11 is 1.22. The molecule has 174 valence electrons. The fourth-order valence-corrected chi connectivity index (χ4v) is 7.11. The number of hydrogen-bond donors (Lipinski definition) is 1. The molecule has 1 fully saturated rings. The molecule has 7 nitrogen and oxygen atoms in total. The molecule has 1 saturated carbocycles. The molecule has 0 bridgehead atoms. The molecule has 2 aromatic heterocycles. The van der Waals surface area contributed by atoms with Crippen LogP contribution in [0.4, 0.5) is 4.79 Å². The van der Waals surface area contributed by atoms with Gasteiger partial charge in [0.25, 0.3) is 10.0 Å². The number of rotatable bonds is 7. The lowest BCUT2D eigenvalue weighted by molar-refractivity contribution is 0.145. The number of fused-ring (bicyclic) bond motifs is 1. The van der Waals surface area contributed by atoms with E-state index in [-0.39, 0.29) is 16.4 Å². The molecule has 1 N–H and O–H groups in total. The summed E-state index contributed by atoms with van der Waals surface area (Å²) in [6, 6.07) is 10.2. The number of sulfonamides is 1. The van der Waals surface area contributed by atoms with Crippen LogP contribution in [-0.4, -0.2) is 30.2 Å². The molecular formula is C24H27N3O4S2. The number of nitrogens with zero attached hydrogens (tertiary/aromatic N) is 2. The van der Waals surface area contributed by atoms with Crippen molar-refractivity contribution in [3.8, 4) is 11.1 Å². The Morgan fingerprint density at radius 3 is 2.70 bits per heavy atom. The summed E-state index contributed by atoms with van der Waals surface area (Å²) in [5, 5.41) is 0. The van der Waals surface area contributed by atoms with Crippen LogP contribution in [0.3, 0.4) is 0 Å². The van der Waals surface area contributed by atoms with Crippen molar-refractivity contribution < 1.29 is 17.9 Å². The third kappa shape index (κ3) is 4.70. The number of aromatic nitrogens is 2. The number of carbonyl (C=O) groups is 1. The van der Waals surface area contributed by atoms with Crippen LogP contribution in [0.1, 0.15) is 55.4 Å². The summed E-state index contributed by atoms with van der Waals surface area (Å²) in [5.41, 5.74) is 2.59. The Hall–Kier alpha value is -2.65. The Bertz CT molecular complexity index is 1270. The van der Waals surface area contributed by atoms with Crippen molar-refractivity contribution in [3.63, 3.8) is 0 Å². The first-order valence-corrected chi connectivity index (χ1v) is 13.6. The molecule has 1 aliphatic heterocycles. The van der Waals surface area contributed by atoms with Gasteiger partial charge in [-0.1, -0.05) is 38.1 Å². The highest BCUT2D eigenvalue weighted by molar-refractivity contribution is 7.92. The van der Waals surface area contributed by atoms with Crippen LogP contribution in [0.25, 0.3) is 11.1 Å². The van der Waals surface area contributed by atoms with Crippen molar-refractivity contribution in [1.29, 1.82) is 0 Å². The van der Waals surface area contributed by atoms with Crippen LogP contribution >= 0.6 is 11.3 Å². The Labute approximate surface area is 197 Å². The van der Waals surface area contributed by atoms with Crippen LogP contribution < -0.4 is 4.72 Å². The summed E-state index contributed by atoms with van der Waals surface area (Å²) in [7, 11) is -4.05. The number of aryl methyl sites for hydroxylation is 1. The molecule has 0 spiro atoms. The first-order chi connectivity index (χ1) is 15.8. The highest BCUT2D eigenvalue weighted by Crippen LogP contribution is 2.38. The normalized spacial score (nSPS) is 17.8. The third-order valence-electron chi connectivity index (χ3n) is 5.95. The molecule has 3 aromatic rings. The van der Waals surface area contributed by atoms with E-state index in [1.54, 1.807) is 0 Å². The molecule has 0 unspecified atom stereocenters. The van der Waals surface area contributed by atoms with Crippen molar-refractivity contribution >= 4 is 27.5 Å². The van der Waals surface area contributed by atoms with Crippen LogP contribution in [0.15, 0.2) is 46.9 Å². The van der Waals surface area contributed by atoms with Gasteiger partial charge in [0.2, 0.25) is 0 Å². The monoisotopic (exact) mass is 485 g/mol. The van der Waals surface area contributed by atoms with Gasteiger partial charge in [-0.2, -0.15) is 0 Å². The summed E-state index contributed by atoms with van der Waals surface area (Å²) < 4.78 is 35.8. The molecule has 2 aliphatic rings. The third-order valence-corrected chi connectivity index (χ3v) is 8.95. The number of amides is 1. The molecule has 33 heavy (non-hydrogen) atoms. The van der Waals surface area contributed by atoms with Crippen molar-refractivity contribution in [1.82, 2.24) is 14.3 Å². The Kier molecular flexibility index (Phi) is 5.78. The number of hydrogen-bond acceptors (Lipinski definition) is 6. The van der Waals surface area contributed by atoms with E-state index in [2.05, 4.69) is 40.3 Å². The van der Waals surface area contributed by atoms with E-state index in [4.69, 9.17) is 4.74 Å². The predicted molar refractivity (Wildman–Crippen MR) is 127 cm³/mol. The lowest BCUT2D eigenvalue weighted by Gasteiger charge is -2.14. The van der Waals surface area contributed by atoms with Crippen molar-refractivity contribution in [2.45, 2.75) is 62.3 Å². The minimum Gasteiger partial charge on any atom is -0.446 e. The van der Waals surface area contributed by atoms with Gasteiger partial charge >= 0.3 is 6.09 Å². The van der Waals surface area contributed by atoms with Gasteiger partial charge in [0.15, 0.2) is 0 Å². The Balaban J connectivity index is 1.45. The quantitative estimate of drug-likeness (QED) is 0.513. The maximum absolute atomic E-state index is 13.1. The van der Waals surface area contributed by atoms with Gasteiger partial charge in [0, 0.05) is 29.3 Å². The Morgan fingerprint density at radius 1 is 1.24 bits per heavy atom. The minimum atomic E-state index is -4.05. The standard InChI is InChI=1S/C24H27N3O4S2/c1-15(2)13-19-14-20(23(32-19)33(29,30)26-24(28)31-18-7-8-18)16-3-5-17(6-4-16)21-9-10-22-25-11-12-27(21)22/h3-6,11-12,14-15,18,21H,7-10,13H2,1-2H3,(H,26,28)/t21-/m1/s1. The molecular weight excluding hydrogens is 458 g/mol. The van der Waals surface area contributed by atoms with Gasteiger partial charge in [0.05, 0.1) is 6.04 Å². The van der Waals surface area contributed by atoms with Crippen LogP contribution in [0.5, 0.6) is 0 Å². The largest absolute Gasteiger partial charge is 0.446 e. The summed E-state index contributed by atoms with van der Waals surface area (Å²) in [5.74, 6) is 1.48. The second-order valence-electron chi connectivity index (χ2n) is 9.15. The number of carbonyl (C=O) groups excluding carboxylic acids is 1. The molecule has 1 amide bonds. The highest BCUT2D eigenvalue weighted by atomic mass is 32.2. The predicted octanol–water partition coefficient (Wildman–Crippen LogP) is 4.92. The first kappa shape index (κ1) is 22.2. The summed E-state index contributed by atoms with van der Waals surface area (Å²) in [6.07, 6.45) is 7.05. The highest BCUT2D eigenvalue weighted by Gasteiger charge is 2.31. The molecule has 1 atom stereocenters. The zero-order chi connectivity index (χ0) is 23.2. The van der Waals surface area contributed by atoms with Crippen molar-refractivity contribution in [2.24, 2.45) is 5.92 Å². The minimum absolute atomic E-state index is 0.149. The topological polar surface area (TPSA) is 90.3 Å². The lowest BCUT2D eigenvalue weighted by Crippen LogP contribution is -2.31. The zero-order valence-corrected chi connectivity index (χ0v) is 20.3. The second kappa shape index (κ2) is 8.61. The lowest BCUT2D eigenvalue weighted by atomic mass is 10.0. The van der Waals surface area contributed by atoms with Gasteiger partial charge in [-0.3, -0.25) is 0 Å².